The largest absolute Gasteiger partial charge is 0.497 e. The number of carbonyl (C=O) groups excluding carboxylic acids is 4. The number of anilines is 1. The van der Waals surface area contributed by atoms with E-state index in [1.54, 1.807) is 36.6 Å². The molecule has 1 aliphatic rings. The lowest BCUT2D eigenvalue weighted by Gasteiger charge is -2.15. The zero-order valence-corrected chi connectivity index (χ0v) is 19.1. The molecule has 1 saturated heterocycles. The van der Waals surface area contributed by atoms with Crippen molar-refractivity contribution in [1.29, 1.82) is 0 Å². The summed E-state index contributed by atoms with van der Waals surface area (Å²) < 4.78 is 15.4. The first-order valence-corrected chi connectivity index (χ1v) is 11.5. The average Bonchev–Trinajstić information content (AvgIpc) is 3.48. The van der Waals surface area contributed by atoms with Gasteiger partial charge in [-0.05, 0) is 60.7 Å². The number of methoxy groups -OCH3 is 1. The van der Waals surface area contributed by atoms with Crippen molar-refractivity contribution in [1.82, 2.24) is 0 Å². The van der Waals surface area contributed by atoms with E-state index in [0.717, 1.165) is 10.7 Å². The van der Waals surface area contributed by atoms with Gasteiger partial charge in [0.1, 0.15) is 11.5 Å². The number of ketones is 1. The van der Waals surface area contributed by atoms with Crippen molar-refractivity contribution in [2.75, 3.05) is 18.6 Å². The van der Waals surface area contributed by atoms with Crippen LogP contribution in [0.3, 0.4) is 0 Å². The molecule has 0 radical (unpaired) electrons. The summed E-state index contributed by atoms with van der Waals surface area (Å²) in [6, 6.07) is 16.0. The van der Waals surface area contributed by atoms with E-state index in [0.29, 0.717) is 22.8 Å². The predicted molar refractivity (Wildman–Crippen MR) is 125 cm³/mol. The summed E-state index contributed by atoms with van der Waals surface area (Å²) in [5.74, 6) is 0.204. The van der Waals surface area contributed by atoms with Crippen LogP contribution in [0.5, 0.6) is 5.75 Å². The highest BCUT2D eigenvalue weighted by Crippen LogP contribution is 2.31. The van der Waals surface area contributed by atoms with Gasteiger partial charge in [0, 0.05) is 12.0 Å². The first-order valence-electron chi connectivity index (χ1n) is 10.4. The topological polar surface area (TPSA) is 103 Å². The Labute approximate surface area is 199 Å². The van der Waals surface area contributed by atoms with Gasteiger partial charge in [0.2, 0.25) is 11.8 Å². The Balaban J connectivity index is 1.33. The van der Waals surface area contributed by atoms with Gasteiger partial charge in [-0.25, -0.2) is 9.69 Å². The molecule has 1 fully saturated rings. The van der Waals surface area contributed by atoms with Crippen LogP contribution >= 0.6 is 11.8 Å². The van der Waals surface area contributed by atoms with Crippen molar-refractivity contribution in [3.8, 4) is 5.75 Å². The number of ether oxygens (including phenoxy) is 2. The van der Waals surface area contributed by atoms with Gasteiger partial charge in [-0.2, -0.15) is 0 Å². The predicted octanol–water partition coefficient (Wildman–Crippen LogP) is 3.89. The summed E-state index contributed by atoms with van der Waals surface area (Å²) in [6.07, 6.45) is 1.66. The number of nitrogens with zero attached hydrogens (tertiary/aromatic N) is 1. The fraction of sp³-hybridized carbons (Fsp3) is 0.200. The molecule has 1 aliphatic heterocycles. The van der Waals surface area contributed by atoms with E-state index >= 15 is 0 Å². The van der Waals surface area contributed by atoms with Gasteiger partial charge >= 0.3 is 5.97 Å². The van der Waals surface area contributed by atoms with Crippen LogP contribution in [0, 0.1) is 0 Å². The number of thioether (sulfide) groups is 1. The summed E-state index contributed by atoms with van der Waals surface area (Å²) in [5, 5.41) is -0.494. The highest BCUT2D eigenvalue weighted by Gasteiger charge is 2.39. The van der Waals surface area contributed by atoms with E-state index in [9.17, 15) is 19.2 Å². The van der Waals surface area contributed by atoms with Crippen molar-refractivity contribution in [2.24, 2.45) is 0 Å². The van der Waals surface area contributed by atoms with Gasteiger partial charge < -0.3 is 13.9 Å². The van der Waals surface area contributed by atoms with Crippen molar-refractivity contribution in [2.45, 2.75) is 17.4 Å². The number of carbonyl (C=O) groups is 4. The number of imide groups is 1. The number of esters is 1. The number of furan rings is 1. The third kappa shape index (κ3) is 5.20. The molecule has 3 aromatic rings. The second kappa shape index (κ2) is 10.4. The highest BCUT2D eigenvalue weighted by molar-refractivity contribution is 7.99. The fourth-order valence-corrected chi connectivity index (χ4v) is 4.44. The van der Waals surface area contributed by atoms with Crippen LogP contribution in [-0.2, 0) is 20.1 Å². The van der Waals surface area contributed by atoms with Crippen LogP contribution in [0.4, 0.5) is 5.69 Å². The molecule has 2 amide bonds. The zero-order chi connectivity index (χ0) is 24.1. The summed E-state index contributed by atoms with van der Waals surface area (Å²) >= 11 is 1.35. The molecule has 0 aliphatic carbocycles. The van der Waals surface area contributed by atoms with E-state index in [2.05, 4.69) is 0 Å². The fourth-order valence-electron chi connectivity index (χ4n) is 3.40. The monoisotopic (exact) mass is 479 g/mol. The first kappa shape index (κ1) is 23.3. The Bertz CT molecular complexity index is 1190. The van der Waals surface area contributed by atoms with Crippen LogP contribution < -0.4 is 9.64 Å². The SMILES string of the molecule is COc1ccc(C(=O)COC(=O)c2ccc(N3C(=O)CC(SCc4ccco4)C3=O)cc2)cc1. The van der Waals surface area contributed by atoms with Crippen LogP contribution in [0.2, 0.25) is 0 Å². The van der Waals surface area contributed by atoms with Crippen LogP contribution in [0.1, 0.15) is 32.9 Å². The molecular formula is C25H21NO7S. The summed E-state index contributed by atoms with van der Waals surface area (Å²) in [4.78, 5) is 50.9. The summed E-state index contributed by atoms with van der Waals surface area (Å²) in [5.41, 5.74) is 0.977. The standard InChI is InChI=1S/C25H21NO7S/c1-31-19-10-6-16(7-11-19)21(27)14-33-25(30)17-4-8-18(9-5-17)26-23(28)13-22(24(26)29)34-15-20-3-2-12-32-20/h2-12,22H,13-15H2,1H3. The Morgan fingerprint density at radius 1 is 1.03 bits per heavy atom. The van der Waals surface area contributed by atoms with Gasteiger partial charge in [-0.15, -0.1) is 11.8 Å². The average molecular weight is 480 g/mol. The molecule has 0 spiro atoms. The third-order valence-electron chi connectivity index (χ3n) is 5.22. The molecule has 0 saturated carbocycles. The second-order valence-corrected chi connectivity index (χ2v) is 8.62. The minimum absolute atomic E-state index is 0.0987. The highest BCUT2D eigenvalue weighted by atomic mass is 32.2. The van der Waals surface area contributed by atoms with Gasteiger partial charge in [-0.1, -0.05) is 0 Å². The number of rotatable bonds is 9. The quantitative estimate of drug-likeness (QED) is 0.259. The van der Waals surface area contributed by atoms with Crippen LogP contribution in [-0.4, -0.2) is 42.5 Å². The molecular weight excluding hydrogens is 458 g/mol. The summed E-state index contributed by atoms with van der Waals surface area (Å²) in [7, 11) is 1.53. The molecule has 0 bridgehead atoms. The minimum atomic E-state index is -0.681. The molecule has 4 rings (SSSR count). The number of Topliss-reactive ketones (excluding diaryl/α,β-unsaturated/α-hetero) is 1. The van der Waals surface area contributed by atoms with Crippen molar-refractivity contribution < 1.29 is 33.1 Å². The lowest BCUT2D eigenvalue weighted by Crippen LogP contribution is -2.31. The minimum Gasteiger partial charge on any atom is -0.497 e. The normalized spacial score (nSPS) is 15.4. The Morgan fingerprint density at radius 3 is 2.38 bits per heavy atom. The molecule has 174 valence electrons. The maximum atomic E-state index is 12.8. The molecule has 9 heteroatoms. The van der Waals surface area contributed by atoms with Crippen molar-refractivity contribution in [3.05, 3.63) is 83.8 Å². The number of hydrogen-bond acceptors (Lipinski definition) is 8. The summed E-state index contributed by atoms with van der Waals surface area (Å²) in [6.45, 7) is -0.412. The van der Waals surface area contributed by atoms with Gasteiger partial charge in [-0.3, -0.25) is 14.4 Å². The smallest absolute Gasteiger partial charge is 0.338 e. The van der Waals surface area contributed by atoms with Gasteiger partial charge in [0.25, 0.3) is 0 Å². The van der Waals surface area contributed by atoms with Gasteiger partial charge in [0.05, 0.1) is 35.6 Å². The zero-order valence-electron chi connectivity index (χ0n) is 18.3. The van der Waals surface area contributed by atoms with Crippen molar-refractivity contribution in [3.63, 3.8) is 0 Å². The van der Waals surface area contributed by atoms with E-state index in [1.165, 1.54) is 43.1 Å². The maximum Gasteiger partial charge on any atom is 0.338 e. The van der Waals surface area contributed by atoms with Crippen molar-refractivity contribution >= 4 is 41.0 Å². The molecule has 0 N–H and O–H groups in total. The molecule has 1 unspecified atom stereocenters. The van der Waals surface area contributed by atoms with E-state index in [-0.39, 0.29) is 29.6 Å². The number of hydrogen-bond donors (Lipinski definition) is 0. The molecule has 8 nitrogen and oxygen atoms in total. The Kier molecular flexibility index (Phi) is 7.12. The second-order valence-electron chi connectivity index (χ2n) is 7.43. The number of benzene rings is 2. The molecule has 1 aromatic heterocycles. The molecule has 34 heavy (non-hydrogen) atoms. The van der Waals surface area contributed by atoms with E-state index in [1.807, 2.05) is 6.07 Å². The molecule has 1 atom stereocenters. The van der Waals surface area contributed by atoms with E-state index in [4.69, 9.17) is 13.9 Å². The lowest BCUT2D eigenvalue weighted by molar-refractivity contribution is -0.121. The van der Waals surface area contributed by atoms with Gasteiger partial charge in [0.15, 0.2) is 12.4 Å². The lowest BCUT2D eigenvalue weighted by atomic mass is 10.1. The van der Waals surface area contributed by atoms with Crippen LogP contribution in [0.15, 0.2) is 71.3 Å². The maximum absolute atomic E-state index is 12.8. The third-order valence-corrected chi connectivity index (χ3v) is 6.44. The number of amides is 2. The first-order chi connectivity index (χ1) is 16.5. The van der Waals surface area contributed by atoms with E-state index < -0.39 is 17.8 Å². The molecule has 2 aromatic carbocycles. The van der Waals surface area contributed by atoms with Crippen LogP contribution in [0.25, 0.3) is 0 Å². The Morgan fingerprint density at radius 2 is 1.74 bits per heavy atom. The Hall–Kier alpha value is -3.85. The molecule has 2 heterocycles.